The molecule has 1 aromatic carbocycles. The van der Waals surface area contributed by atoms with Crippen LogP contribution >= 0.6 is 0 Å². The number of nitrogens with one attached hydrogen (secondary N) is 1. The third kappa shape index (κ3) is 4.46. The highest BCUT2D eigenvalue weighted by molar-refractivity contribution is 7.89. The highest BCUT2D eigenvalue weighted by Gasteiger charge is 2.21. The van der Waals surface area contributed by atoms with Crippen LogP contribution in [0, 0.1) is 5.92 Å². The van der Waals surface area contributed by atoms with Crippen molar-refractivity contribution in [3.8, 4) is 16.9 Å². The van der Waals surface area contributed by atoms with Gasteiger partial charge in [-0.25, -0.2) is 8.42 Å². The van der Waals surface area contributed by atoms with Gasteiger partial charge in [0.15, 0.2) is 9.84 Å². The average molecular weight is 376 g/mol. The summed E-state index contributed by atoms with van der Waals surface area (Å²) >= 11 is 0. The van der Waals surface area contributed by atoms with E-state index in [4.69, 9.17) is 4.74 Å². The van der Waals surface area contributed by atoms with Crippen LogP contribution in [0.3, 0.4) is 0 Å². The lowest BCUT2D eigenvalue weighted by Crippen LogP contribution is -2.21. The zero-order valence-corrected chi connectivity index (χ0v) is 16.1. The van der Waals surface area contributed by atoms with Crippen LogP contribution in [0.2, 0.25) is 0 Å². The molecule has 6 nitrogen and oxygen atoms in total. The van der Waals surface area contributed by atoms with Crippen molar-refractivity contribution in [1.29, 1.82) is 0 Å². The molecule has 1 aliphatic carbocycles. The van der Waals surface area contributed by atoms with E-state index in [9.17, 15) is 13.2 Å². The monoisotopic (exact) mass is 376 g/mol. The molecule has 0 aliphatic heterocycles. The number of sulfone groups is 1. The van der Waals surface area contributed by atoms with Crippen LogP contribution in [-0.4, -0.2) is 32.9 Å². The van der Waals surface area contributed by atoms with Crippen molar-refractivity contribution in [3.63, 3.8) is 0 Å². The zero-order valence-electron chi connectivity index (χ0n) is 15.3. The van der Waals surface area contributed by atoms with E-state index in [2.05, 4.69) is 5.32 Å². The van der Waals surface area contributed by atoms with Crippen LogP contribution < -0.4 is 15.6 Å². The number of pyridine rings is 1. The van der Waals surface area contributed by atoms with Crippen molar-refractivity contribution in [2.45, 2.75) is 18.6 Å². The minimum absolute atomic E-state index is 0.0701. The molecule has 0 amide bonds. The van der Waals surface area contributed by atoms with Gasteiger partial charge >= 0.3 is 0 Å². The molecule has 7 heteroatoms. The van der Waals surface area contributed by atoms with E-state index in [1.807, 2.05) is 18.2 Å². The first-order chi connectivity index (χ1) is 12.3. The molecule has 0 spiro atoms. The Hall–Kier alpha value is -2.28. The number of methoxy groups -OCH3 is 1. The number of hydrogen-bond acceptors (Lipinski definition) is 5. The third-order valence-electron chi connectivity index (χ3n) is 4.49. The first kappa shape index (κ1) is 18.5. The van der Waals surface area contributed by atoms with E-state index in [0.717, 1.165) is 17.7 Å². The maximum absolute atomic E-state index is 12.3. The van der Waals surface area contributed by atoms with Gasteiger partial charge in [0.1, 0.15) is 11.4 Å². The average Bonchev–Trinajstić information content (AvgIpc) is 3.39. The summed E-state index contributed by atoms with van der Waals surface area (Å²) in [7, 11) is 0.0476. The van der Waals surface area contributed by atoms with Crippen LogP contribution in [0.25, 0.3) is 11.1 Å². The summed E-state index contributed by atoms with van der Waals surface area (Å²) in [6.45, 7) is 0.806. The Balaban J connectivity index is 1.99. The van der Waals surface area contributed by atoms with Crippen molar-refractivity contribution in [1.82, 2.24) is 4.57 Å². The first-order valence-electron chi connectivity index (χ1n) is 8.56. The third-order valence-corrected chi connectivity index (χ3v) is 5.33. The molecular weight excluding hydrogens is 352 g/mol. The Labute approximate surface area is 153 Å². The molecule has 1 aliphatic rings. The molecule has 0 bridgehead atoms. The molecule has 0 atom stereocenters. The molecule has 1 saturated carbocycles. The Kier molecular flexibility index (Phi) is 5.09. The number of aryl methyl sites for hydroxylation is 1. The first-order valence-corrected chi connectivity index (χ1v) is 10.6. The molecule has 1 N–H and O–H groups in total. The molecule has 140 valence electrons. The quantitative estimate of drug-likeness (QED) is 0.803. The van der Waals surface area contributed by atoms with Crippen LogP contribution in [0.4, 0.5) is 5.69 Å². The summed E-state index contributed by atoms with van der Waals surface area (Å²) in [4.78, 5) is 12.3. The lowest BCUT2D eigenvalue weighted by atomic mass is 10.0. The second-order valence-electron chi connectivity index (χ2n) is 6.98. The van der Waals surface area contributed by atoms with E-state index in [1.165, 1.54) is 26.2 Å². The Bertz CT molecular complexity index is 976. The van der Waals surface area contributed by atoms with Gasteiger partial charge in [-0.1, -0.05) is 6.07 Å². The fourth-order valence-electron chi connectivity index (χ4n) is 2.93. The smallest absolute Gasteiger partial charge is 0.273 e. The Morgan fingerprint density at radius 2 is 1.96 bits per heavy atom. The molecule has 26 heavy (non-hydrogen) atoms. The SMILES string of the molecule is COc1ccc(-c2cc(NCC3CC3)c(=O)n(C)c2)cc1CS(C)(=O)=O. The molecule has 0 saturated heterocycles. The topological polar surface area (TPSA) is 77.4 Å². The number of rotatable bonds is 7. The van der Waals surface area contributed by atoms with Crippen LogP contribution in [0.15, 0.2) is 35.3 Å². The van der Waals surface area contributed by atoms with Crippen molar-refractivity contribution < 1.29 is 13.2 Å². The highest BCUT2D eigenvalue weighted by Crippen LogP contribution is 2.30. The van der Waals surface area contributed by atoms with Gasteiger partial charge < -0.3 is 14.6 Å². The van der Waals surface area contributed by atoms with Crippen molar-refractivity contribution in [2.24, 2.45) is 13.0 Å². The van der Waals surface area contributed by atoms with Gasteiger partial charge in [-0.3, -0.25) is 4.79 Å². The largest absolute Gasteiger partial charge is 0.496 e. The van der Waals surface area contributed by atoms with Gasteiger partial charge in [-0.2, -0.15) is 0 Å². The number of hydrogen-bond donors (Lipinski definition) is 1. The molecule has 0 radical (unpaired) electrons. The molecule has 3 rings (SSSR count). The summed E-state index contributed by atoms with van der Waals surface area (Å²) in [5.41, 5.74) is 2.79. The highest BCUT2D eigenvalue weighted by atomic mass is 32.2. The maximum atomic E-state index is 12.3. The molecule has 0 unspecified atom stereocenters. The van der Waals surface area contributed by atoms with Crippen LogP contribution in [0.5, 0.6) is 5.75 Å². The normalized spacial score (nSPS) is 14.3. The predicted octanol–water partition coefficient (Wildman–Crippen LogP) is 2.43. The standard InChI is InChI=1S/C19H24N2O4S/c1-21-11-15(9-17(19(21)22)20-10-13-4-5-13)14-6-7-18(25-2)16(8-14)12-26(3,23)24/h6-9,11,13,20H,4-5,10,12H2,1-3H3. The summed E-state index contributed by atoms with van der Waals surface area (Å²) in [6, 6.07) is 7.27. The minimum atomic E-state index is -3.19. The van der Waals surface area contributed by atoms with Crippen molar-refractivity contribution >= 4 is 15.5 Å². The van der Waals surface area contributed by atoms with Gasteiger partial charge in [0, 0.05) is 37.2 Å². The van der Waals surface area contributed by atoms with Crippen LogP contribution in [-0.2, 0) is 22.6 Å². The van der Waals surface area contributed by atoms with Gasteiger partial charge in [0.05, 0.1) is 12.9 Å². The summed E-state index contributed by atoms with van der Waals surface area (Å²) in [6.07, 6.45) is 5.38. The second kappa shape index (κ2) is 7.15. The van der Waals surface area contributed by atoms with E-state index in [1.54, 1.807) is 23.9 Å². The number of anilines is 1. The number of benzene rings is 1. The second-order valence-corrected chi connectivity index (χ2v) is 9.12. The van der Waals surface area contributed by atoms with E-state index in [-0.39, 0.29) is 11.3 Å². The lowest BCUT2D eigenvalue weighted by Gasteiger charge is -2.13. The Morgan fingerprint density at radius 1 is 1.23 bits per heavy atom. The molecule has 1 fully saturated rings. The number of aromatic nitrogens is 1. The van der Waals surface area contributed by atoms with Gasteiger partial charge in [-0.05, 0) is 42.5 Å². The van der Waals surface area contributed by atoms with E-state index >= 15 is 0 Å². The van der Waals surface area contributed by atoms with E-state index < -0.39 is 9.84 Å². The fraction of sp³-hybridized carbons (Fsp3) is 0.421. The minimum Gasteiger partial charge on any atom is -0.496 e. The van der Waals surface area contributed by atoms with Gasteiger partial charge in [0.2, 0.25) is 0 Å². The molecular formula is C19H24N2O4S. The van der Waals surface area contributed by atoms with Gasteiger partial charge in [-0.15, -0.1) is 0 Å². The number of nitrogens with zero attached hydrogens (tertiary/aromatic N) is 1. The zero-order chi connectivity index (χ0) is 18.9. The molecule has 1 aromatic heterocycles. The summed E-state index contributed by atoms with van der Waals surface area (Å²) in [5.74, 6) is 1.10. The Morgan fingerprint density at radius 3 is 2.58 bits per heavy atom. The lowest BCUT2D eigenvalue weighted by molar-refractivity contribution is 0.411. The fourth-order valence-corrected chi connectivity index (χ4v) is 3.72. The maximum Gasteiger partial charge on any atom is 0.273 e. The molecule has 1 heterocycles. The van der Waals surface area contributed by atoms with Crippen LogP contribution in [0.1, 0.15) is 18.4 Å². The summed E-state index contributed by atoms with van der Waals surface area (Å²) < 4.78 is 30.3. The predicted molar refractivity (Wildman–Crippen MR) is 103 cm³/mol. The van der Waals surface area contributed by atoms with Gasteiger partial charge in [0.25, 0.3) is 5.56 Å². The van der Waals surface area contributed by atoms with Crippen molar-refractivity contribution in [2.75, 3.05) is 25.2 Å². The summed E-state index contributed by atoms with van der Waals surface area (Å²) in [5, 5.41) is 3.25. The van der Waals surface area contributed by atoms with E-state index in [0.29, 0.717) is 22.9 Å². The number of ether oxygens (including phenoxy) is 1. The van der Waals surface area contributed by atoms with Crippen molar-refractivity contribution in [3.05, 3.63) is 46.4 Å². The molecule has 2 aromatic rings.